The number of thiazole rings is 1. The number of carbonyl (C=O) groups excluding carboxylic acids is 2. The number of ketones is 1. The fraction of sp³-hybridized carbons (Fsp3) is 0.211. The van der Waals surface area contributed by atoms with Crippen molar-refractivity contribution < 1.29 is 18.4 Å². The summed E-state index contributed by atoms with van der Waals surface area (Å²) in [6.07, 6.45) is 3.42. The minimum atomic E-state index is -0.508. The Kier molecular flexibility index (Phi) is 11.3. The van der Waals surface area contributed by atoms with E-state index in [1.54, 1.807) is 24.4 Å². The van der Waals surface area contributed by atoms with Crippen LogP contribution in [0, 0.1) is 11.6 Å². The quantitative estimate of drug-likeness (QED) is 0.0868. The Morgan fingerprint density at radius 1 is 0.915 bits per heavy atom. The van der Waals surface area contributed by atoms with Crippen LogP contribution < -0.4 is 10.6 Å². The number of benzene rings is 4. The fourth-order valence-corrected chi connectivity index (χ4v) is 6.09. The summed E-state index contributed by atoms with van der Waals surface area (Å²) in [5, 5.41) is 9.48. The molecule has 6 rings (SSSR count). The Morgan fingerprint density at radius 2 is 1.66 bits per heavy atom. The molecule has 1 fully saturated rings. The molecule has 0 radical (unpaired) electrons. The largest absolute Gasteiger partial charge is 0.311 e. The zero-order valence-corrected chi connectivity index (χ0v) is 27.1. The SMILES string of the molecule is C=NC(=O)c1cc(-c2nccs2)cc(-c2ccccc2C(C)=O)c1.CCc1cccc(CNCC2NC2Cc2cc(F)cc(F)c2)c1. The molecule has 0 saturated carbocycles. The Bertz CT molecular complexity index is 1860. The van der Waals surface area contributed by atoms with Gasteiger partial charge in [0.25, 0.3) is 5.91 Å². The number of nitrogens with zero attached hydrogens (tertiary/aromatic N) is 2. The van der Waals surface area contributed by atoms with Gasteiger partial charge in [-0.3, -0.25) is 9.59 Å². The van der Waals surface area contributed by atoms with E-state index < -0.39 is 17.5 Å². The van der Waals surface area contributed by atoms with Crippen molar-refractivity contribution >= 4 is 29.7 Å². The van der Waals surface area contributed by atoms with Gasteiger partial charge in [-0.25, -0.2) is 18.8 Å². The molecule has 0 aliphatic carbocycles. The third-order valence-corrected chi connectivity index (χ3v) is 8.72. The molecule has 1 aliphatic heterocycles. The van der Waals surface area contributed by atoms with Gasteiger partial charge >= 0.3 is 0 Å². The summed E-state index contributed by atoms with van der Waals surface area (Å²) in [7, 11) is 0. The van der Waals surface area contributed by atoms with E-state index in [2.05, 4.69) is 58.5 Å². The highest BCUT2D eigenvalue weighted by atomic mass is 32.1. The van der Waals surface area contributed by atoms with E-state index in [0.29, 0.717) is 35.2 Å². The maximum Gasteiger partial charge on any atom is 0.276 e. The second-order valence-electron chi connectivity index (χ2n) is 11.4. The topological polar surface area (TPSA) is 93.4 Å². The highest BCUT2D eigenvalue weighted by Gasteiger charge is 2.35. The molecule has 5 aromatic rings. The average Bonchev–Trinajstić information content (AvgIpc) is 3.55. The predicted octanol–water partition coefficient (Wildman–Crippen LogP) is 7.72. The van der Waals surface area contributed by atoms with Crippen LogP contribution in [0.1, 0.15) is 51.3 Å². The summed E-state index contributed by atoms with van der Waals surface area (Å²) < 4.78 is 26.4. The lowest BCUT2D eigenvalue weighted by molar-refractivity contribution is 0.0999. The first-order valence-corrected chi connectivity index (χ1v) is 16.3. The van der Waals surface area contributed by atoms with E-state index in [1.807, 2.05) is 29.6 Å². The fourth-order valence-electron chi connectivity index (χ4n) is 5.47. The van der Waals surface area contributed by atoms with E-state index in [-0.39, 0.29) is 5.78 Å². The molecule has 1 amide bonds. The van der Waals surface area contributed by atoms with Crippen molar-refractivity contribution in [1.29, 1.82) is 0 Å². The summed E-state index contributed by atoms with van der Waals surface area (Å²) in [6, 6.07) is 25.7. The first-order valence-electron chi connectivity index (χ1n) is 15.4. The maximum absolute atomic E-state index is 13.2. The smallest absolute Gasteiger partial charge is 0.276 e. The lowest BCUT2D eigenvalue weighted by Gasteiger charge is -2.10. The molecule has 1 aromatic heterocycles. The van der Waals surface area contributed by atoms with Crippen molar-refractivity contribution in [2.24, 2.45) is 4.99 Å². The third-order valence-electron chi connectivity index (χ3n) is 7.90. The normalized spacial score (nSPS) is 15.0. The molecule has 4 aromatic carbocycles. The van der Waals surface area contributed by atoms with Crippen LogP contribution in [0.2, 0.25) is 0 Å². The van der Waals surface area contributed by atoms with E-state index >= 15 is 0 Å². The number of halogens is 2. The van der Waals surface area contributed by atoms with Gasteiger partial charge in [0.2, 0.25) is 0 Å². The molecule has 47 heavy (non-hydrogen) atoms. The van der Waals surface area contributed by atoms with Crippen molar-refractivity contribution in [2.75, 3.05) is 6.54 Å². The molecule has 1 saturated heterocycles. The van der Waals surface area contributed by atoms with Crippen LogP contribution in [0.25, 0.3) is 21.7 Å². The van der Waals surface area contributed by atoms with Crippen LogP contribution in [0.5, 0.6) is 0 Å². The minimum Gasteiger partial charge on any atom is -0.311 e. The lowest BCUT2D eigenvalue weighted by Crippen LogP contribution is -2.21. The summed E-state index contributed by atoms with van der Waals surface area (Å²) in [5.74, 6) is -1.45. The zero-order valence-electron chi connectivity index (χ0n) is 26.3. The molecule has 6 nitrogen and oxygen atoms in total. The number of carbonyl (C=O) groups is 2. The van der Waals surface area contributed by atoms with Crippen molar-refractivity contribution in [1.82, 2.24) is 15.6 Å². The molecule has 0 bridgehead atoms. The van der Waals surface area contributed by atoms with Gasteiger partial charge < -0.3 is 10.6 Å². The van der Waals surface area contributed by atoms with Crippen molar-refractivity contribution in [3.05, 3.63) is 136 Å². The van der Waals surface area contributed by atoms with Gasteiger partial charge in [-0.05, 0) is 84.6 Å². The van der Waals surface area contributed by atoms with Crippen LogP contribution in [0.3, 0.4) is 0 Å². The van der Waals surface area contributed by atoms with Gasteiger partial charge in [0.15, 0.2) is 5.78 Å². The van der Waals surface area contributed by atoms with E-state index in [0.717, 1.165) is 47.3 Å². The molecule has 0 spiro atoms. The van der Waals surface area contributed by atoms with Gasteiger partial charge in [0.05, 0.1) is 0 Å². The number of nitrogens with one attached hydrogen (secondary N) is 2. The maximum atomic E-state index is 13.2. The summed E-state index contributed by atoms with van der Waals surface area (Å²) >= 11 is 1.48. The summed E-state index contributed by atoms with van der Waals surface area (Å²) in [5.41, 5.74) is 6.74. The third kappa shape index (κ3) is 9.19. The van der Waals surface area contributed by atoms with Gasteiger partial charge in [-0.2, -0.15) is 0 Å². The molecular formula is C38H36F2N4O2S. The Balaban J connectivity index is 0.000000185. The van der Waals surface area contributed by atoms with Crippen LogP contribution in [-0.4, -0.2) is 42.0 Å². The monoisotopic (exact) mass is 650 g/mol. The van der Waals surface area contributed by atoms with E-state index in [1.165, 1.54) is 41.5 Å². The van der Waals surface area contributed by atoms with Gasteiger partial charge in [-0.1, -0.05) is 55.5 Å². The number of aliphatic imine (C=N–C) groups is 1. The van der Waals surface area contributed by atoms with Crippen LogP contribution in [0.4, 0.5) is 8.78 Å². The molecule has 1 aliphatic rings. The number of hydrogen-bond donors (Lipinski definition) is 2. The Morgan fingerprint density at radius 3 is 2.36 bits per heavy atom. The van der Waals surface area contributed by atoms with Gasteiger partial charge in [-0.15, -0.1) is 11.3 Å². The Hall–Kier alpha value is -4.70. The van der Waals surface area contributed by atoms with Crippen LogP contribution in [0.15, 0.2) is 101 Å². The van der Waals surface area contributed by atoms with E-state index in [9.17, 15) is 18.4 Å². The second-order valence-corrected chi connectivity index (χ2v) is 12.3. The molecule has 9 heteroatoms. The highest BCUT2D eigenvalue weighted by Crippen LogP contribution is 2.32. The molecule has 2 N–H and O–H groups in total. The molecule has 2 atom stereocenters. The average molecular weight is 651 g/mol. The van der Waals surface area contributed by atoms with Gasteiger partial charge in [0, 0.05) is 59.5 Å². The lowest BCUT2D eigenvalue weighted by atomic mass is 9.94. The first kappa shape index (κ1) is 33.7. The van der Waals surface area contributed by atoms with Crippen LogP contribution in [-0.2, 0) is 19.4 Å². The summed E-state index contributed by atoms with van der Waals surface area (Å²) in [4.78, 5) is 31.7. The molecule has 240 valence electrons. The number of rotatable bonds is 11. The second kappa shape index (κ2) is 15.7. The first-order chi connectivity index (χ1) is 22.7. The zero-order chi connectivity index (χ0) is 33.3. The number of aromatic nitrogens is 1. The number of amides is 1. The predicted molar refractivity (Wildman–Crippen MR) is 185 cm³/mol. The number of hydrogen-bond acceptors (Lipinski definition) is 6. The van der Waals surface area contributed by atoms with Crippen molar-refractivity contribution in [3.8, 4) is 21.7 Å². The standard InChI is InChI=1S/C19H22F2N2.C19H14N2O2S/c1-2-13-4-3-5-14(6-13)11-22-12-19-18(23-19)9-15-7-16(20)10-17(21)8-15;1-12(22)16-5-3-4-6-17(16)13-9-14(18(23)20-2)11-15(10-13)19-21-7-8-24-19/h3-8,10,18-19,22-23H,2,9,11-12H2,1H3;3-11H,2H2,1H3. The van der Waals surface area contributed by atoms with Gasteiger partial charge in [0.1, 0.15) is 16.6 Å². The van der Waals surface area contributed by atoms with Crippen LogP contribution >= 0.6 is 11.3 Å². The number of Topliss-reactive ketones (excluding diaryl/α,β-unsaturated/α-hetero) is 1. The number of aryl methyl sites for hydroxylation is 1. The molecule has 2 unspecified atom stereocenters. The highest BCUT2D eigenvalue weighted by molar-refractivity contribution is 7.13. The Labute approximate surface area is 277 Å². The summed E-state index contributed by atoms with van der Waals surface area (Å²) in [6.45, 7) is 8.69. The molecule has 2 heterocycles. The van der Waals surface area contributed by atoms with Crippen molar-refractivity contribution in [3.63, 3.8) is 0 Å². The molecular weight excluding hydrogens is 615 g/mol. The van der Waals surface area contributed by atoms with E-state index in [4.69, 9.17) is 0 Å². The minimum absolute atomic E-state index is 0.0278. The van der Waals surface area contributed by atoms with Crippen molar-refractivity contribution in [2.45, 2.75) is 45.3 Å².